The van der Waals surface area contributed by atoms with Crippen molar-refractivity contribution in [3.05, 3.63) is 30.6 Å². The Bertz CT molecular complexity index is 80.0. The molecule has 0 fully saturated rings. The standard InChI is InChI=1S/C5H5N.BH3/c1-2-4-6-5-3-1;/h1-5H;1H3. The van der Waals surface area contributed by atoms with Crippen molar-refractivity contribution in [2.45, 2.75) is 0 Å². The normalized spacial score (nSPS) is 6.86. The Balaban J connectivity index is 0.000000360. The zero-order chi connectivity index (χ0) is 4.24. The molecule has 0 atom stereocenters. The van der Waals surface area contributed by atoms with E-state index in [0.717, 1.165) is 0 Å². The van der Waals surface area contributed by atoms with Crippen LogP contribution in [0, 0.1) is 0 Å². The molecular formula is C5H8BN. The third kappa shape index (κ3) is 1.98. The second-order valence-electron chi connectivity index (χ2n) is 1.02. The Morgan fingerprint density at radius 1 is 0.857 bits per heavy atom. The van der Waals surface area contributed by atoms with Crippen molar-refractivity contribution in [1.29, 1.82) is 0 Å². The van der Waals surface area contributed by atoms with Gasteiger partial charge in [-0.05, 0) is 12.1 Å². The quantitative estimate of drug-likeness (QED) is 0.408. The van der Waals surface area contributed by atoms with Gasteiger partial charge in [0.05, 0.1) is 8.41 Å². The van der Waals surface area contributed by atoms with Crippen molar-refractivity contribution >= 4 is 8.41 Å². The van der Waals surface area contributed by atoms with E-state index in [9.17, 15) is 0 Å². The van der Waals surface area contributed by atoms with E-state index in [2.05, 4.69) is 4.98 Å². The van der Waals surface area contributed by atoms with Crippen LogP contribution < -0.4 is 0 Å². The molecule has 2 heteroatoms. The summed E-state index contributed by atoms with van der Waals surface area (Å²) in [6.07, 6.45) is 3.50. The zero-order valence-electron chi connectivity index (χ0n) is 3.33. The van der Waals surface area contributed by atoms with Gasteiger partial charge < -0.3 is 0 Å². The van der Waals surface area contributed by atoms with E-state index in [-0.39, 0.29) is 8.41 Å². The predicted octanol–water partition coefficient (Wildman–Crippen LogP) is -0.102. The number of pyridine rings is 1. The van der Waals surface area contributed by atoms with E-state index >= 15 is 0 Å². The molecule has 1 rings (SSSR count). The molecule has 0 spiro atoms. The van der Waals surface area contributed by atoms with Crippen molar-refractivity contribution < 1.29 is 0 Å². The first-order valence-corrected chi connectivity index (χ1v) is 1.85. The average molecular weight is 92.9 g/mol. The number of rotatable bonds is 0. The maximum Gasteiger partial charge on any atom is 0.0814 e. The largest absolute Gasteiger partial charge is 0.265 e. The molecule has 0 N–H and O–H groups in total. The Morgan fingerprint density at radius 2 is 1.43 bits per heavy atom. The van der Waals surface area contributed by atoms with E-state index in [0.29, 0.717) is 0 Å². The van der Waals surface area contributed by atoms with Crippen molar-refractivity contribution in [3.63, 3.8) is 0 Å². The van der Waals surface area contributed by atoms with Crippen LogP contribution in [-0.2, 0) is 0 Å². The molecule has 1 nitrogen and oxygen atoms in total. The molecule has 36 valence electrons. The van der Waals surface area contributed by atoms with Gasteiger partial charge in [0.2, 0.25) is 0 Å². The van der Waals surface area contributed by atoms with Crippen LogP contribution >= 0.6 is 0 Å². The van der Waals surface area contributed by atoms with Crippen LogP contribution in [0.3, 0.4) is 0 Å². The molecule has 1 heterocycles. The average Bonchev–Trinajstić information content (AvgIpc) is 1.72. The SMILES string of the molecule is B.c1ccncc1. The molecule has 1 aromatic rings. The summed E-state index contributed by atoms with van der Waals surface area (Å²) in [6.45, 7) is 0. The maximum absolute atomic E-state index is 3.78. The third-order valence-corrected chi connectivity index (χ3v) is 0.566. The van der Waals surface area contributed by atoms with Gasteiger partial charge in [-0.15, -0.1) is 0 Å². The summed E-state index contributed by atoms with van der Waals surface area (Å²) in [5.74, 6) is 0. The van der Waals surface area contributed by atoms with Gasteiger partial charge in [-0.2, -0.15) is 0 Å². The smallest absolute Gasteiger partial charge is 0.0814 e. The highest BCUT2D eigenvalue weighted by Gasteiger charge is 1.58. The third-order valence-electron chi connectivity index (χ3n) is 0.566. The lowest BCUT2D eigenvalue weighted by Crippen LogP contribution is -1.58. The van der Waals surface area contributed by atoms with Crippen molar-refractivity contribution in [3.8, 4) is 0 Å². The molecule has 0 amide bonds. The lowest BCUT2D eigenvalue weighted by Gasteiger charge is -1.70. The van der Waals surface area contributed by atoms with Crippen molar-refractivity contribution in [2.24, 2.45) is 0 Å². The first-order chi connectivity index (χ1) is 3.00. The topological polar surface area (TPSA) is 12.9 Å². The van der Waals surface area contributed by atoms with Gasteiger partial charge in [-0.1, -0.05) is 6.07 Å². The molecule has 0 aliphatic rings. The van der Waals surface area contributed by atoms with Crippen LogP contribution in [0.1, 0.15) is 0 Å². The monoisotopic (exact) mass is 93.1 g/mol. The van der Waals surface area contributed by atoms with Crippen LogP contribution in [0.5, 0.6) is 0 Å². The summed E-state index contributed by atoms with van der Waals surface area (Å²) in [5.41, 5.74) is 0. The highest BCUT2D eigenvalue weighted by atomic mass is 14.6. The lowest BCUT2D eigenvalue weighted by molar-refractivity contribution is 1.33. The predicted molar refractivity (Wildman–Crippen MR) is 34.2 cm³/mol. The second-order valence-corrected chi connectivity index (χ2v) is 1.02. The highest BCUT2D eigenvalue weighted by molar-refractivity contribution is 5.75. The highest BCUT2D eigenvalue weighted by Crippen LogP contribution is 1.73. The van der Waals surface area contributed by atoms with E-state index < -0.39 is 0 Å². The van der Waals surface area contributed by atoms with Crippen LogP contribution in [-0.4, -0.2) is 13.4 Å². The van der Waals surface area contributed by atoms with E-state index in [1.54, 1.807) is 12.4 Å². The molecular weight excluding hydrogens is 84.9 g/mol. The fourth-order valence-corrected chi connectivity index (χ4v) is 0.313. The summed E-state index contributed by atoms with van der Waals surface area (Å²) in [7, 11) is 0. The lowest BCUT2D eigenvalue weighted by atomic mass is 10.5. The zero-order valence-corrected chi connectivity index (χ0v) is 3.33. The first-order valence-electron chi connectivity index (χ1n) is 1.85. The molecule has 0 aliphatic carbocycles. The summed E-state index contributed by atoms with van der Waals surface area (Å²) in [4.78, 5) is 3.78. The van der Waals surface area contributed by atoms with Gasteiger partial charge in [0, 0.05) is 12.4 Å². The Kier molecular flexibility index (Phi) is 3.02. The molecule has 0 radical (unpaired) electrons. The van der Waals surface area contributed by atoms with Crippen LogP contribution in [0.15, 0.2) is 30.6 Å². The fourth-order valence-electron chi connectivity index (χ4n) is 0.313. The molecule has 0 unspecified atom stereocenters. The molecule has 0 aliphatic heterocycles. The summed E-state index contributed by atoms with van der Waals surface area (Å²) in [6, 6.07) is 5.72. The Hall–Kier alpha value is -0.785. The Morgan fingerprint density at radius 3 is 1.57 bits per heavy atom. The number of aromatic nitrogens is 1. The molecule has 0 aromatic carbocycles. The molecule has 0 saturated carbocycles. The Labute approximate surface area is 45.0 Å². The summed E-state index contributed by atoms with van der Waals surface area (Å²) < 4.78 is 0. The van der Waals surface area contributed by atoms with Crippen molar-refractivity contribution in [2.75, 3.05) is 0 Å². The molecule has 1 aromatic heterocycles. The van der Waals surface area contributed by atoms with Crippen LogP contribution in [0.4, 0.5) is 0 Å². The second kappa shape index (κ2) is 3.41. The summed E-state index contributed by atoms with van der Waals surface area (Å²) in [5, 5.41) is 0. The van der Waals surface area contributed by atoms with Gasteiger partial charge >= 0.3 is 0 Å². The molecule has 0 bridgehead atoms. The van der Waals surface area contributed by atoms with E-state index in [1.807, 2.05) is 18.2 Å². The van der Waals surface area contributed by atoms with Gasteiger partial charge in [0.25, 0.3) is 0 Å². The minimum atomic E-state index is 0. The van der Waals surface area contributed by atoms with Gasteiger partial charge in [0.1, 0.15) is 0 Å². The van der Waals surface area contributed by atoms with E-state index in [4.69, 9.17) is 0 Å². The maximum atomic E-state index is 3.78. The van der Waals surface area contributed by atoms with Crippen LogP contribution in [0.25, 0.3) is 0 Å². The van der Waals surface area contributed by atoms with E-state index in [1.165, 1.54) is 0 Å². The summed E-state index contributed by atoms with van der Waals surface area (Å²) >= 11 is 0. The molecule has 7 heavy (non-hydrogen) atoms. The minimum absolute atomic E-state index is 0. The molecule has 0 saturated heterocycles. The van der Waals surface area contributed by atoms with Gasteiger partial charge in [-0.3, -0.25) is 4.98 Å². The van der Waals surface area contributed by atoms with Crippen molar-refractivity contribution in [1.82, 2.24) is 4.98 Å². The van der Waals surface area contributed by atoms with Crippen LogP contribution in [0.2, 0.25) is 0 Å². The fraction of sp³-hybridized carbons (Fsp3) is 0. The number of hydrogen-bond acceptors (Lipinski definition) is 1. The minimum Gasteiger partial charge on any atom is -0.265 e. The number of hydrogen-bond donors (Lipinski definition) is 0. The van der Waals surface area contributed by atoms with Gasteiger partial charge in [0.15, 0.2) is 0 Å². The number of nitrogens with zero attached hydrogens (tertiary/aromatic N) is 1. The van der Waals surface area contributed by atoms with Gasteiger partial charge in [-0.25, -0.2) is 0 Å². The first kappa shape index (κ1) is 6.21.